The fourth-order valence-corrected chi connectivity index (χ4v) is 6.45. The summed E-state index contributed by atoms with van der Waals surface area (Å²) in [5, 5.41) is 0.118. The molecule has 178 valence electrons. The van der Waals surface area contributed by atoms with E-state index in [2.05, 4.69) is 31.5 Å². The molecule has 2 aliphatic rings. The number of aliphatic imine (C=N–C) groups is 1. The predicted molar refractivity (Wildman–Crippen MR) is 129 cm³/mol. The van der Waals surface area contributed by atoms with E-state index in [1.807, 2.05) is 18.2 Å². The number of nitrogens with one attached hydrogen (secondary N) is 2. The Kier molecular flexibility index (Phi) is 7.58. The van der Waals surface area contributed by atoms with Gasteiger partial charge in [-0.3, -0.25) is 19.3 Å². The van der Waals surface area contributed by atoms with E-state index < -0.39 is 20.7 Å². The van der Waals surface area contributed by atoms with E-state index >= 15 is 4.39 Å². The third-order valence-corrected chi connectivity index (χ3v) is 8.28. The number of likely N-dealkylation sites (tertiary alicyclic amines) is 1. The topological polar surface area (TPSA) is 83.0 Å². The van der Waals surface area contributed by atoms with Crippen LogP contribution in [0.15, 0.2) is 52.4 Å². The number of fused-ring (bicyclic) bond motifs is 1. The maximum absolute atomic E-state index is 15.2. The van der Waals surface area contributed by atoms with Crippen molar-refractivity contribution < 1.29 is 17.5 Å². The average Bonchev–Trinajstić information content (AvgIpc) is 2.83. The fraction of sp³-hybridized carbons (Fsp3) is 0.435. The highest BCUT2D eigenvalue weighted by molar-refractivity contribution is 8.13. The Morgan fingerprint density at radius 2 is 1.97 bits per heavy atom. The van der Waals surface area contributed by atoms with Crippen LogP contribution in [0.5, 0.6) is 5.75 Å². The molecule has 0 saturated carbocycles. The van der Waals surface area contributed by atoms with Crippen molar-refractivity contribution in [1.82, 2.24) is 14.3 Å². The van der Waals surface area contributed by atoms with E-state index in [0.29, 0.717) is 17.9 Å². The van der Waals surface area contributed by atoms with Gasteiger partial charge in [0.15, 0.2) is 5.17 Å². The molecule has 2 atom stereocenters. The molecule has 0 radical (unpaired) electrons. The van der Waals surface area contributed by atoms with Crippen LogP contribution in [0.25, 0.3) is 0 Å². The van der Waals surface area contributed by atoms with Crippen LogP contribution in [0.4, 0.5) is 4.39 Å². The zero-order chi connectivity index (χ0) is 23.4. The van der Waals surface area contributed by atoms with E-state index in [4.69, 9.17) is 4.74 Å². The first-order valence-corrected chi connectivity index (χ1v) is 13.3. The van der Waals surface area contributed by atoms with Crippen LogP contribution in [0.3, 0.4) is 0 Å². The third kappa shape index (κ3) is 5.18. The van der Waals surface area contributed by atoms with E-state index in [1.165, 1.54) is 24.7 Å². The predicted octanol–water partition coefficient (Wildman–Crippen LogP) is 4.01. The molecule has 1 saturated heterocycles. The van der Waals surface area contributed by atoms with Crippen molar-refractivity contribution in [3.8, 4) is 5.75 Å². The summed E-state index contributed by atoms with van der Waals surface area (Å²) in [5.74, 6) is -0.378. The van der Waals surface area contributed by atoms with E-state index in [0.717, 1.165) is 44.2 Å². The van der Waals surface area contributed by atoms with Crippen LogP contribution < -0.4 is 14.2 Å². The lowest BCUT2D eigenvalue weighted by Crippen LogP contribution is -2.39. The van der Waals surface area contributed by atoms with Gasteiger partial charge in [0.25, 0.3) is 10.0 Å². The summed E-state index contributed by atoms with van der Waals surface area (Å²) in [6.07, 6.45) is 4.00. The summed E-state index contributed by atoms with van der Waals surface area (Å²) in [5.41, 5.74) is 1.96. The second-order valence-electron chi connectivity index (χ2n) is 8.07. The molecule has 0 spiro atoms. The van der Waals surface area contributed by atoms with E-state index in [-0.39, 0.29) is 17.3 Å². The number of amidine groups is 1. The number of sulfonamides is 1. The number of ether oxygens (including phenoxy) is 1. The van der Waals surface area contributed by atoms with Crippen molar-refractivity contribution in [3.05, 3.63) is 59.4 Å². The van der Waals surface area contributed by atoms with Gasteiger partial charge in [-0.2, -0.15) is 0 Å². The number of hydrogen-bond acceptors (Lipinski definition) is 7. The Morgan fingerprint density at radius 3 is 2.70 bits per heavy atom. The lowest BCUT2D eigenvalue weighted by atomic mass is 9.89. The van der Waals surface area contributed by atoms with Crippen LogP contribution in [0, 0.1) is 5.82 Å². The molecule has 0 aliphatic carbocycles. The first-order valence-electron chi connectivity index (χ1n) is 11.0. The molecule has 2 aromatic rings. The summed E-state index contributed by atoms with van der Waals surface area (Å²) in [6, 6.07) is 13.2. The molecule has 33 heavy (non-hydrogen) atoms. The molecule has 10 heteroatoms. The SMILES string of the molecule is CN=C(NS(=O)(=O)c1cc2c(cc1F)[C@H](N1CCCC[C@H]1c1ccccc1)CCO2)SNC. The van der Waals surface area contributed by atoms with E-state index in [9.17, 15) is 8.42 Å². The number of rotatable bonds is 5. The van der Waals surface area contributed by atoms with Crippen molar-refractivity contribution in [1.29, 1.82) is 0 Å². The van der Waals surface area contributed by atoms with Crippen molar-refractivity contribution in [2.45, 2.75) is 42.7 Å². The summed E-state index contributed by atoms with van der Waals surface area (Å²) in [6.45, 7) is 1.36. The van der Waals surface area contributed by atoms with Crippen LogP contribution in [-0.4, -0.2) is 45.7 Å². The monoisotopic (exact) mass is 492 g/mol. The molecule has 2 aliphatic heterocycles. The van der Waals surface area contributed by atoms with Crippen molar-refractivity contribution in [3.63, 3.8) is 0 Å². The minimum absolute atomic E-state index is 0.0360. The highest BCUT2D eigenvalue weighted by Gasteiger charge is 2.36. The second-order valence-corrected chi connectivity index (χ2v) is 10.7. The normalized spacial score (nSPS) is 21.8. The Labute approximate surface area is 199 Å². The molecule has 2 N–H and O–H groups in total. The molecule has 0 aromatic heterocycles. The molecule has 1 fully saturated rings. The molecule has 7 nitrogen and oxygen atoms in total. The zero-order valence-corrected chi connectivity index (χ0v) is 20.4. The Balaban J connectivity index is 1.67. The summed E-state index contributed by atoms with van der Waals surface area (Å²) in [4.78, 5) is 5.86. The van der Waals surface area contributed by atoms with Crippen LogP contribution in [0.1, 0.15) is 48.9 Å². The van der Waals surface area contributed by atoms with Crippen LogP contribution in [0.2, 0.25) is 0 Å². The minimum Gasteiger partial charge on any atom is -0.493 e. The zero-order valence-electron chi connectivity index (χ0n) is 18.8. The van der Waals surface area contributed by atoms with Crippen molar-refractivity contribution in [2.24, 2.45) is 4.99 Å². The Bertz CT molecular complexity index is 1110. The lowest BCUT2D eigenvalue weighted by molar-refractivity contribution is 0.0665. The maximum Gasteiger partial charge on any atom is 0.266 e. The number of nitrogens with zero attached hydrogens (tertiary/aromatic N) is 2. The first kappa shape index (κ1) is 24.0. The van der Waals surface area contributed by atoms with Gasteiger partial charge in [0.2, 0.25) is 0 Å². The number of hydrogen-bond donors (Lipinski definition) is 2. The molecule has 0 amide bonds. The molecule has 4 rings (SSSR count). The summed E-state index contributed by atoms with van der Waals surface area (Å²) >= 11 is 0.999. The van der Waals surface area contributed by atoms with Gasteiger partial charge < -0.3 is 4.74 Å². The van der Waals surface area contributed by atoms with Crippen LogP contribution >= 0.6 is 11.9 Å². The summed E-state index contributed by atoms with van der Waals surface area (Å²) < 4.78 is 51.8. The van der Waals surface area contributed by atoms with Gasteiger partial charge in [0.1, 0.15) is 16.5 Å². The first-order chi connectivity index (χ1) is 15.9. The number of benzene rings is 2. The molecule has 0 bridgehead atoms. The van der Waals surface area contributed by atoms with E-state index in [1.54, 1.807) is 7.05 Å². The minimum atomic E-state index is -4.16. The van der Waals surface area contributed by atoms with Gasteiger partial charge in [0.05, 0.1) is 6.61 Å². The Morgan fingerprint density at radius 1 is 1.18 bits per heavy atom. The van der Waals surface area contributed by atoms with Gasteiger partial charge >= 0.3 is 0 Å². The van der Waals surface area contributed by atoms with Crippen molar-refractivity contribution >= 4 is 27.1 Å². The highest BCUT2D eigenvalue weighted by atomic mass is 32.2. The van der Waals surface area contributed by atoms with Gasteiger partial charge in [-0.25, -0.2) is 12.8 Å². The highest BCUT2D eigenvalue weighted by Crippen LogP contribution is 2.44. The van der Waals surface area contributed by atoms with Gasteiger partial charge in [-0.05, 0) is 50.0 Å². The number of piperidine rings is 1. The average molecular weight is 493 g/mol. The molecule has 2 aromatic carbocycles. The van der Waals surface area contributed by atoms with Crippen molar-refractivity contribution in [2.75, 3.05) is 27.2 Å². The Hall–Kier alpha value is -2.14. The molecule has 0 unspecified atom stereocenters. The van der Waals surface area contributed by atoms with Gasteiger partial charge in [-0.15, -0.1) is 0 Å². The smallest absolute Gasteiger partial charge is 0.266 e. The molecular weight excluding hydrogens is 463 g/mol. The lowest BCUT2D eigenvalue weighted by Gasteiger charge is -2.43. The third-order valence-electron chi connectivity index (χ3n) is 6.11. The van der Waals surface area contributed by atoms with Gasteiger partial charge in [0, 0.05) is 37.2 Å². The molecular formula is C23H29FN4O3S2. The fourth-order valence-electron chi connectivity index (χ4n) is 4.66. The summed E-state index contributed by atoms with van der Waals surface area (Å²) in [7, 11) is -1.07. The maximum atomic E-state index is 15.2. The second kappa shape index (κ2) is 10.4. The number of halogens is 1. The van der Waals surface area contributed by atoms with Gasteiger partial charge in [-0.1, -0.05) is 36.8 Å². The largest absolute Gasteiger partial charge is 0.493 e. The standard InChI is InChI=1S/C23H29FN4O3S2/c1-25-23(32-26-2)27-33(29,30)22-15-21-17(14-18(22)24)20(11-13-31-21)28-12-7-6-10-19(28)16-8-4-3-5-9-16/h3-5,8-9,14-15,19-20,26H,6-7,10-13H2,1-2H3,(H,25,27)/t19-,20+/m0/s1. The quantitative estimate of drug-likeness (QED) is 0.373. The van der Waals surface area contributed by atoms with Crippen LogP contribution in [-0.2, 0) is 10.0 Å². The molecule has 2 heterocycles.